The molecule has 0 aliphatic heterocycles. The molecule has 1 unspecified atom stereocenters. The molecule has 1 N–H and O–H groups in total. The normalized spacial score (nSPS) is 11.6. The minimum absolute atomic E-state index is 0.227. The zero-order chi connectivity index (χ0) is 19.6. The topological polar surface area (TPSA) is 30.5 Å². The van der Waals surface area contributed by atoms with Gasteiger partial charge in [0.15, 0.2) is 0 Å². The van der Waals surface area contributed by atoms with E-state index in [2.05, 4.69) is 61.6 Å². The van der Waals surface area contributed by atoms with Crippen LogP contribution < -0.4 is 14.8 Å². The van der Waals surface area contributed by atoms with Crippen molar-refractivity contribution in [2.24, 2.45) is 0 Å². The van der Waals surface area contributed by atoms with Crippen molar-refractivity contribution < 1.29 is 9.47 Å². The zero-order valence-electron chi connectivity index (χ0n) is 16.7. The first-order chi connectivity index (χ1) is 13.7. The summed E-state index contributed by atoms with van der Waals surface area (Å²) < 4.78 is 11.7. The molecule has 3 heteroatoms. The van der Waals surface area contributed by atoms with E-state index in [1.807, 2.05) is 36.4 Å². The fourth-order valence-electron chi connectivity index (χ4n) is 2.83. The van der Waals surface area contributed by atoms with Gasteiger partial charge in [0.25, 0.3) is 0 Å². The van der Waals surface area contributed by atoms with Gasteiger partial charge in [-0.15, -0.1) is 0 Å². The van der Waals surface area contributed by atoms with Crippen molar-refractivity contribution in [1.82, 2.24) is 0 Å². The maximum Gasteiger partial charge on any atom is 0.121 e. The molecule has 0 spiro atoms. The van der Waals surface area contributed by atoms with Crippen molar-refractivity contribution in [2.75, 3.05) is 11.9 Å². The predicted octanol–water partition coefficient (Wildman–Crippen LogP) is 6.10. The lowest BCUT2D eigenvalue weighted by atomic mass is 10.2. The third-order valence-corrected chi connectivity index (χ3v) is 4.67. The molecule has 0 saturated carbocycles. The lowest BCUT2D eigenvalue weighted by Crippen LogP contribution is -2.09. The summed E-state index contributed by atoms with van der Waals surface area (Å²) in [5.41, 5.74) is 3.57. The van der Waals surface area contributed by atoms with Crippen LogP contribution in [0.3, 0.4) is 0 Å². The van der Waals surface area contributed by atoms with Gasteiger partial charge in [-0.05, 0) is 48.7 Å². The molecular weight excluding hydrogens is 346 g/mol. The van der Waals surface area contributed by atoms with E-state index in [9.17, 15) is 0 Å². The number of benzene rings is 3. The number of hydrogen-bond acceptors (Lipinski definition) is 3. The van der Waals surface area contributed by atoms with Crippen LogP contribution in [0.15, 0.2) is 78.9 Å². The maximum atomic E-state index is 5.88. The van der Waals surface area contributed by atoms with Crippen LogP contribution >= 0.6 is 0 Å². The minimum atomic E-state index is 0.227. The highest BCUT2D eigenvalue weighted by atomic mass is 16.5. The van der Waals surface area contributed by atoms with E-state index in [1.165, 1.54) is 11.1 Å². The number of rotatable bonds is 10. The van der Waals surface area contributed by atoms with Gasteiger partial charge in [-0.25, -0.2) is 0 Å². The molecule has 3 rings (SSSR count). The molecule has 0 amide bonds. The Morgan fingerprint density at radius 3 is 2.36 bits per heavy atom. The molecule has 28 heavy (non-hydrogen) atoms. The molecule has 3 nitrogen and oxygen atoms in total. The van der Waals surface area contributed by atoms with Crippen LogP contribution in [0.25, 0.3) is 0 Å². The highest BCUT2D eigenvalue weighted by Crippen LogP contribution is 2.20. The summed E-state index contributed by atoms with van der Waals surface area (Å²) in [6, 6.07) is 26.8. The maximum absolute atomic E-state index is 5.88. The smallest absolute Gasteiger partial charge is 0.121 e. The van der Waals surface area contributed by atoms with Crippen LogP contribution in [0.5, 0.6) is 11.5 Å². The fourth-order valence-corrected chi connectivity index (χ4v) is 2.83. The summed E-state index contributed by atoms with van der Waals surface area (Å²) in [6.07, 6.45) is 2.14. The van der Waals surface area contributed by atoms with E-state index in [4.69, 9.17) is 9.47 Å². The van der Waals surface area contributed by atoms with E-state index >= 15 is 0 Å². The van der Waals surface area contributed by atoms with Crippen molar-refractivity contribution in [3.8, 4) is 11.5 Å². The molecule has 0 aromatic heterocycles. The van der Waals surface area contributed by atoms with Crippen molar-refractivity contribution in [3.05, 3.63) is 90.0 Å². The first-order valence-electron chi connectivity index (χ1n) is 9.99. The van der Waals surface area contributed by atoms with Crippen LogP contribution in [0.4, 0.5) is 5.69 Å². The highest BCUT2D eigenvalue weighted by molar-refractivity contribution is 5.48. The van der Waals surface area contributed by atoms with E-state index in [-0.39, 0.29) is 6.10 Å². The molecule has 0 aliphatic carbocycles. The summed E-state index contributed by atoms with van der Waals surface area (Å²) in [5, 5.41) is 3.46. The number of ether oxygens (including phenoxy) is 2. The summed E-state index contributed by atoms with van der Waals surface area (Å²) in [7, 11) is 0. The average Bonchev–Trinajstić information content (AvgIpc) is 2.74. The van der Waals surface area contributed by atoms with Gasteiger partial charge in [-0.1, -0.05) is 55.5 Å². The summed E-state index contributed by atoms with van der Waals surface area (Å²) in [6.45, 7) is 5.66. The monoisotopic (exact) mass is 375 g/mol. The second-order valence-electron chi connectivity index (χ2n) is 6.95. The molecule has 0 heterocycles. The first kappa shape index (κ1) is 19.8. The second kappa shape index (κ2) is 10.4. The summed E-state index contributed by atoms with van der Waals surface area (Å²) in [5.74, 6) is 1.81. The molecule has 0 fully saturated rings. The average molecular weight is 376 g/mol. The molecule has 0 saturated heterocycles. The van der Waals surface area contributed by atoms with Gasteiger partial charge in [-0.2, -0.15) is 0 Å². The second-order valence-corrected chi connectivity index (χ2v) is 6.95. The molecular formula is C25H29NO2. The standard InChI is InChI=1S/C25H29NO2/c1-3-20(2)28-25-11-7-10-23(18-25)26-19-22-12-14-24(15-13-22)27-17-16-21-8-5-4-6-9-21/h4-15,18,20,26H,3,16-17,19H2,1-2H3. The van der Waals surface area contributed by atoms with E-state index in [0.29, 0.717) is 6.61 Å². The lowest BCUT2D eigenvalue weighted by Gasteiger charge is -2.14. The number of nitrogens with one attached hydrogen (secondary N) is 1. The number of hydrogen-bond donors (Lipinski definition) is 1. The van der Waals surface area contributed by atoms with Crippen molar-refractivity contribution in [1.29, 1.82) is 0 Å². The SMILES string of the molecule is CCC(C)Oc1cccc(NCc2ccc(OCCc3ccccc3)cc2)c1. The molecule has 3 aromatic rings. The Morgan fingerprint density at radius 1 is 0.821 bits per heavy atom. The van der Waals surface area contributed by atoms with Crippen LogP contribution in [0, 0.1) is 0 Å². The van der Waals surface area contributed by atoms with Gasteiger partial charge < -0.3 is 14.8 Å². The van der Waals surface area contributed by atoms with Crippen LogP contribution in [0.1, 0.15) is 31.4 Å². The zero-order valence-corrected chi connectivity index (χ0v) is 16.7. The summed E-state index contributed by atoms with van der Waals surface area (Å²) in [4.78, 5) is 0. The predicted molar refractivity (Wildman–Crippen MR) is 116 cm³/mol. The van der Waals surface area contributed by atoms with Crippen LogP contribution in [-0.2, 0) is 13.0 Å². The van der Waals surface area contributed by atoms with Crippen molar-refractivity contribution in [2.45, 2.75) is 39.3 Å². The summed E-state index contributed by atoms with van der Waals surface area (Å²) >= 11 is 0. The Kier molecular flexibility index (Phi) is 7.36. The molecule has 146 valence electrons. The molecule has 0 radical (unpaired) electrons. The van der Waals surface area contributed by atoms with Crippen LogP contribution in [-0.4, -0.2) is 12.7 Å². The van der Waals surface area contributed by atoms with Crippen LogP contribution in [0.2, 0.25) is 0 Å². The Hall–Kier alpha value is -2.94. The van der Waals surface area contributed by atoms with Gasteiger partial charge >= 0.3 is 0 Å². The van der Waals surface area contributed by atoms with Gasteiger partial charge in [0.2, 0.25) is 0 Å². The quantitative estimate of drug-likeness (QED) is 0.464. The van der Waals surface area contributed by atoms with Gasteiger partial charge in [0, 0.05) is 24.7 Å². The fraction of sp³-hybridized carbons (Fsp3) is 0.280. The lowest BCUT2D eigenvalue weighted by molar-refractivity contribution is 0.217. The number of anilines is 1. The van der Waals surface area contributed by atoms with Gasteiger partial charge in [0.1, 0.15) is 11.5 Å². The Morgan fingerprint density at radius 2 is 1.61 bits per heavy atom. The van der Waals surface area contributed by atoms with Gasteiger partial charge in [-0.3, -0.25) is 0 Å². The Bertz CT molecular complexity index is 831. The van der Waals surface area contributed by atoms with Gasteiger partial charge in [0.05, 0.1) is 12.7 Å². The molecule has 1 atom stereocenters. The van der Waals surface area contributed by atoms with Crippen molar-refractivity contribution in [3.63, 3.8) is 0 Å². The first-order valence-corrected chi connectivity index (χ1v) is 9.99. The van der Waals surface area contributed by atoms with Crippen molar-refractivity contribution >= 4 is 5.69 Å². The third kappa shape index (κ3) is 6.34. The molecule has 3 aromatic carbocycles. The highest BCUT2D eigenvalue weighted by Gasteiger charge is 2.02. The Labute approximate surface area is 168 Å². The minimum Gasteiger partial charge on any atom is -0.493 e. The largest absolute Gasteiger partial charge is 0.493 e. The van der Waals surface area contributed by atoms with E-state index in [1.54, 1.807) is 0 Å². The molecule has 0 aliphatic rings. The third-order valence-electron chi connectivity index (χ3n) is 4.67. The van der Waals surface area contributed by atoms with E-state index < -0.39 is 0 Å². The van der Waals surface area contributed by atoms with E-state index in [0.717, 1.165) is 36.6 Å². The Balaban J connectivity index is 1.46. The molecule has 0 bridgehead atoms.